The highest BCUT2D eigenvalue weighted by molar-refractivity contribution is 6.31. The number of amides is 1. The summed E-state index contributed by atoms with van der Waals surface area (Å²) in [7, 11) is 1.63. The van der Waals surface area contributed by atoms with Crippen molar-refractivity contribution in [1.29, 1.82) is 0 Å². The summed E-state index contributed by atoms with van der Waals surface area (Å²) in [6, 6.07) is 17.5. The summed E-state index contributed by atoms with van der Waals surface area (Å²) in [5, 5.41) is 11.3. The molecule has 1 amide bonds. The van der Waals surface area contributed by atoms with Gasteiger partial charge in [0.15, 0.2) is 0 Å². The summed E-state index contributed by atoms with van der Waals surface area (Å²) in [5.41, 5.74) is 3.30. The lowest BCUT2D eigenvalue weighted by Gasteiger charge is -2.19. The molecule has 28 heavy (non-hydrogen) atoms. The zero-order valence-corrected chi connectivity index (χ0v) is 16.2. The average molecular weight is 396 g/mol. The Balaban J connectivity index is 1.82. The van der Waals surface area contributed by atoms with Crippen molar-refractivity contribution in [3.63, 3.8) is 0 Å². The van der Waals surface area contributed by atoms with Crippen molar-refractivity contribution in [2.45, 2.75) is 13.5 Å². The maximum absolute atomic E-state index is 12.9. The molecule has 0 aliphatic rings. The second-order valence-corrected chi connectivity index (χ2v) is 6.80. The monoisotopic (exact) mass is 395 g/mol. The van der Waals surface area contributed by atoms with E-state index < -0.39 is 4.92 Å². The summed E-state index contributed by atoms with van der Waals surface area (Å²) in [5.74, 6) is -0.229. The molecule has 0 unspecified atom stereocenters. The van der Waals surface area contributed by atoms with Crippen LogP contribution < -0.4 is 0 Å². The van der Waals surface area contributed by atoms with E-state index in [0.717, 1.165) is 11.3 Å². The van der Waals surface area contributed by atoms with Gasteiger partial charge in [-0.15, -0.1) is 0 Å². The molecule has 0 radical (unpaired) electrons. The van der Waals surface area contributed by atoms with Gasteiger partial charge >= 0.3 is 0 Å². The molecule has 0 saturated heterocycles. The van der Waals surface area contributed by atoms with Gasteiger partial charge in [0.2, 0.25) is 0 Å². The van der Waals surface area contributed by atoms with Gasteiger partial charge in [-0.1, -0.05) is 41.9 Å². The van der Waals surface area contributed by atoms with Crippen LogP contribution in [0.5, 0.6) is 0 Å². The van der Waals surface area contributed by atoms with E-state index >= 15 is 0 Å². The highest BCUT2D eigenvalue weighted by atomic mass is 35.5. The average Bonchev–Trinajstić information content (AvgIpc) is 2.69. The quantitative estimate of drug-likeness (QED) is 0.455. The molecule has 0 N–H and O–H groups in total. The topological polar surface area (TPSA) is 76.3 Å². The number of aromatic nitrogens is 1. The van der Waals surface area contributed by atoms with Crippen LogP contribution in [0.15, 0.2) is 60.7 Å². The first kappa shape index (κ1) is 19.5. The van der Waals surface area contributed by atoms with E-state index in [2.05, 4.69) is 4.98 Å². The summed E-state index contributed by atoms with van der Waals surface area (Å²) < 4.78 is 0. The summed E-state index contributed by atoms with van der Waals surface area (Å²) in [6.45, 7) is 1.94. The fourth-order valence-corrected chi connectivity index (χ4v) is 3.06. The minimum Gasteiger partial charge on any atom is -0.337 e. The zero-order valence-electron chi connectivity index (χ0n) is 15.4. The van der Waals surface area contributed by atoms with E-state index in [1.165, 1.54) is 23.1 Å². The molecule has 0 fully saturated rings. The number of rotatable bonds is 5. The number of nitro groups is 1. The lowest BCUT2D eigenvalue weighted by atomic mass is 10.1. The Morgan fingerprint density at radius 3 is 2.50 bits per heavy atom. The van der Waals surface area contributed by atoms with Crippen LogP contribution in [0.2, 0.25) is 5.02 Å². The SMILES string of the molecule is Cc1nc(-c2ccccc2)ccc1C(=O)N(C)Cc1cc([N+](=O)[O-])ccc1Cl. The highest BCUT2D eigenvalue weighted by Crippen LogP contribution is 2.24. The van der Waals surface area contributed by atoms with Gasteiger partial charge in [0, 0.05) is 36.3 Å². The Hall–Kier alpha value is -3.25. The molecule has 3 rings (SSSR count). The normalized spacial score (nSPS) is 10.5. The maximum Gasteiger partial charge on any atom is 0.269 e. The van der Waals surface area contributed by atoms with Gasteiger partial charge in [-0.25, -0.2) is 0 Å². The van der Waals surface area contributed by atoms with E-state index in [1.54, 1.807) is 20.0 Å². The molecule has 0 bridgehead atoms. The molecular weight excluding hydrogens is 378 g/mol. The predicted octanol–water partition coefficient (Wildman–Crippen LogP) is 4.89. The smallest absolute Gasteiger partial charge is 0.269 e. The number of nitrogens with zero attached hydrogens (tertiary/aromatic N) is 3. The molecule has 6 nitrogen and oxygen atoms in total. The Bertz CT molecular complexity index is 1040. The first-order valence-corrected chi connectivity index (χ1v) is 8.96. The Kier molecular flexibility index (Phi) is 5.70. The maximum atomic E-state index is 12.9. The van der Waals surface area contributed by atoms with Crippen molar-refractivity contribution in [3.05, 3.63) is 92.6 Å². The van der Waals surface area contributed by atoms with Crippen molar-refractivity contribution in [2.75, 3.05) is 7.05 Å². The molecule has 2 aromatic carbocycles. The second-order valence-electron chi connectivity index (χ2n) is 6.39. The van der Waals surface area contributed by atoms with E-state index in [9.17, 15) is 14.9 Å². The van der Waals surface area contributed by atoms with Crippen LogP contribution in [0.25, 0.3) is 11.3 Å². The Morgan fingerprint density at radius 2 is 1.86 bits per heavy atom. The number of non-ortho nitro benzene ring substituents is 1. The van der Waals surface area contributed by atoms with E-state index in [4.69, 9.17) is 11.6 Å². The minimum atomic E-state index is -0.488. The Labute approximate surface area is 167 Å². The predicted molar refractivity (Wildman–Crippen MR) is 108 cm³/mol. The molecule has 0 aliphatic heterocycles. The second kappa shape index (κ2) is 8.19. The molecule has 0 aliphatic carbocycles. The molecule has 7 heteroatoms. The van der Waals surface area contributed by atoms with Crippen molar-refractivity contribution in [3.8, 4) is 11.3 Å². The van der Waals surface area contributed by atoms with Crippen LogP contribution in [0, 0.1) is 17.0 Å². The summed E-state index contributed by atoms with van der Waals surface area (Å²) in [6.07, 6.45) is 0. The van der Waals surface area contributed by atoms with Gasteiger partial charge in [0.25, 0.3) is 11.6 Å². The summed E-state index contributed by atoms with van der Waals surface area (Å²) >= 11 is 6.14. The van der Waals surface area contributed by atoms with Crippen LogP contribution in [-0.2, 0) is 6.54 Å². The van der Waals surface area contributed by atoms with Crippen LogP contribution in [0.4, 0.5) is 5.69 Å². The number of carbonyl (C=O) groups excluding carboxylic acids is 1. The van der Waals surface area contributed by atoms with Crippen LogP contribution >= 0.6 is 11.6 Å². The lowest BCUT2D eigenvalue weighted by Crippen LogP contribution is -2.27. The third-order valence-corrected chi connectivity index (χ3v) is 4.75. The van der Waals surface area contributed by atoms with Crippen molar-refractivity contribution in [2.24, 2.45) is 0 Å². The van der Waals surface area contributed by atoms with Gasteiger partial charge in [-0.2, -0.15) is 0 Å². The van der Waals surface area contributed by atoms with Gasteiger partial charge in [-0.3, -0.25) is 19.9 Å². The lowest BCUT2D eigenvalue weighted by molar-refractivity contribution is -0.384. The third kappa shape index (κ3) is 4.18. The molecule has 1 heterocycles. The molecule has 3 aromatic rings. The standard InChI is InChI=1S/C21H18ClN3O3/c1-14-18(9-11-20(23-14)15-6-4-3-5-7-15)21(26)24(2)13-16-12-17(25(27)28)8-10-19(16)22/h3-12H,13H2,1-2H3. The number of benzene rings is 2. The number of pyridine rings is 1. The fourth-order valence-electron chi connectivity index (χ4n) is 2.89. The largest absolute Gasteiger partial charge is 0.337 e. The molecule has 0 saturated carbocycles. The van der Waals surface area contributed by atoms with Gasteiger partial charge < -0.3 is 4.90 Å². The number of aryl methyl sites for hydroxylation is 1. The summed E-state index contributed by atoms with van der Waals surface area (Å²) in [4.78, 5) is 29.4. The van der Waals surface area contributed by atoms with Crippen LogP contribution in [0.3, 0.4) is 0 Å². The molecule has 1 aromatic heterocycles. The number of nitro benzene ring substituents is 1. The zero-order chi connectivity index (χ0) is 20.3. The minimum absolute atomic E-state index is 0.0645. The van der Waals surface area contributed by atoms with E-state index in [1.807, 2.05) is 36.4 Å². The van der Waals surface area contributed by atoms with E-state index in [0.29, 0.717) is 21.8 Å². The number of hydrogen-bond donors (Lipinski definition) is 0. The Morgan fingerprint density at radius 1 is 1.14 bits per heavy atom. The van der Waals surface area contributed by atoms with Crippen molar-refractivity contribution in [1.82, 2.24) is 9.88 Å². The highest BCUT2D eigenvalue weighted by Gasteiger charge is 2.18. The van der Waals surface area contributed by atoms with Crippen LogP contribution in [0.1, 0.15) is 21.6 Å². The fraction of sp³-hybridized carbons (Fsp3) is 0.143. The molecule has 0 atom stereocenters. The van der Waals surface area contributed by atoms with Crippen LogP contribution in [-0.4, -0.2) is 27.8 Å². The molecular formula is C21H18ClN3O3. The third-order valence-electron chi connectivity index (χ3n) is 4.38. The van der Waals surface area contributed by atoms with Gasteiger partial charge in [-0.05, 0) is 30.7 Å². The first-order valence-electron chi connectivity index (χ1n) is 8.58. The molecule has 0 spiro atoms. The number of carbonyl (C=O) groups is 1. The van der Waals surface area contributed by atoms with Crippen molar-refractivity contribution >= 4 is 23.2 Å². The van der Waals surface area contributed by atoms with Gasteiger partial charge in [0.1, 0.15) is 0 Å². The number of halogens is 1. The van der Waals surface area contributed by atoms with E-state index in [-0.39, 0.29) is 18.1 Å². The van der Waals surface area contributed by atoms with Crippen molar-refractivity contribution < 1.29 is 9.72 Å². The number of hydrogen-bond acceptors (Lipinski definition) is 4. The first-order chi connectivity index (χ1) is 13.4. The molecule has 142 valence electrons. The van der Waals surface area contributed by atoms with Gasteiger partial charge in [0.05, 0.1) is 21.9 Å².